The summed E-state index contributed by atoms with van der Waals surface area (Å²) in [5, 5.41) is 0. The van der Waals surface area contributed by atoms with Gasteiger partial charge in [-0.2, -0.15) is 0 Å². The van der Waals surface area contributed by atoms with E-state index in [-0.39, 0.29) is 24.0 Å². The molecule has 19 heavy (non-hydrogen) atoms. The first-order chi connectivity index (χ1) is 9.01. The zero-order valence-corrected chi connectivity index (χ0v) is 11.6. The van der Waals surface area contributed by atoms with Crippen LogP contribution in [0.25, 0.3) is 0 Å². The number of carbonyl (C=O) groups is 2. The van der Waals surface area contributed by atoms with E-state index in [9.17, 15) is 9.59 Å². The van der Waals surface area contributed by atoms with Crippen LogP contribution >= 0.6 is 0 Å². The summed E-state index contributed by atoms with van der Waals surface area (Å²) in [6.07, 6.45) is -0.124. The number of benzene rings is 1. The Kier molecular flexibility index (Phi) is 5.36. The van der Waals surface area contributed by atoms with Crippen molar-refractivity contribution in [2.24, 2.45) is 0 Å². The second-order valence-corrected chi connectivity index (χ2v) is 4.05. The predicted molar refractivity (Wildman–Crippen MR) is 69.7 cm³/mol. The van der Waals surface area contributed by atoms with Crippen LogP contribution in [-0.4, -0.2) is 31.6 Å². The zero-order chi connectivity index (χ0) is 14.4. The van der Waals surface area contributed by atoms with Gasteiger partial charge >= 0.3 is 5.97 Å². The van der Waals surface area contributed by atoms with Crippen LogP contribution in [0.1, 0.15) is 31.1 Å². The first kappa shape index (κ1) is 15.0. The van der Waals surface area contributed by atoms with Crippen molar-refractivity contribution in [3.63, 3.8) is 0 Å². The maximum absolute atomic E-state index is 12.1. The molecule has 5 heteroatoms. The van der Waals surface area contributed by atoms with E-state index in [1.807, 2.05) is 13.8 Å². The summed E-state index contributed by atoms with van der Waals surface area (Å²) >= 11 is 0. The maximum atomic E-state index is 12.1. The lowest BCUT2D eigenvalue weighted by atomic mass is 10.1. The molecule has 0 aliphatic heterocycles. The van der Waals surface area contributed by atoms with E-state index in [4.69, 9.17) is 14.2 Å². The van der Waals surface area contributed by atoms with Crippen LogP contribution in [0.4, 0.5) is 0 Å². The Morgan fingerprint density at radius 3 is 2.37 bits per heavy atom. The Morgan fingerprint density at radius 1 is 1.21 bits per heavy atom. The quantitative estimate of drug-likeness (QED) is 0.449. The fourth-order valence-electron chi connectivity index (χ4n) is 1.56. The average Bonchev–Trinajstić information content (AvgIpc) is 2.37. The Hall–Kier alpha value is -2.04. The molecule has 0 aromatic heterocycles. The zero-order valence-electron chi connectivity index (χ0n) is 11.6. The minimum Gasteiger partial charge on any atom is -0.496 e. The molecule has 1 aromatic carbocycles. The molecule has 104 valence electrons. The van der Waals surface area contributed by atoms with Gasteiger partial charge in [0.1, 0.15) is 17.1 Å². The number of methoxy groups -OCH3 is 1. The van der Waals surface area contributed by atoms with Crippen molar-refractivity contribution in [2.75, 3.05) is 13.7 Å². The molecule has 0 heterocycles. The van der Waals surface area contributed by atoms with E-state index in [0.29, 0.717) is 5.75 Å². The number of hydrogen-bond donors (Lipinski definition) is 0. The van der Waals surface area contributed by atoms with Gasteiger partial charge in [-0.15, -0.1) is 0 Å². The van der Waals surface area contributed by atoms with Crippen molar-refractivity contribution in [1.29, 1.82) is 0 Å². The van der Waals surface area contributed by atoms with Gasteiger partial charge in [0.15, 0.2) is 0 Å². The van der Waals surface area contributed by atoms with Crippen molar-refractivity contribution in [2.45, 2.75) is 26.9 Å². The van der Waals surface area contributed by atoms with E-state index in [1.165, 1.54) is 7.11 Å². The van der Waals surface area contributed by atoms with E-state index in [2.05, 4.69) is 0 Å². The predicted octanol–water partition coefficient (Wildman–Crippen LogP) is 2.23. The summed E-state index contributed by atoms with van der Waals surface area (Å²) in [6.45, 7) is 5.44. The molecule has 0 saturated heterocycles. The molecule has 0 saturated carbocycles. The Labute approximate surface area is 112 Å². The number of carbonyl (C=O) groups excluding carboxylic acids is 2. The fraction of sp³-hybridized carbons (Fsp3) is 0.429. The third kappa shape index (κ3) is 3.71. The lowest BCUT2D eigenvalue weighted by molar-refractivity contribution is -0.137. The minimum atomic E-state index is -0.916. The molecule has 0 fully saturated rings. The van der Waals surface area contributed by atoms with E-state index < -0.39 is 11.8 Å². The highest BCUT2D eigenvalue weighted by Gasteiger charge is 2.26. The lowest BCUT2D eigenvalue weighted by Crippen LogP contribution is -2.20. The molecule has 0 aliphatic carbocycles. The Balaban J connectivity index is 3.21. The second-order valence-electron chi connectivity index (χ2n) is 4.05. The molecule has 1 aromatic rings. The molecular formula is C14H18O5. The van der Waals surface area contributed by atoms with Gasteiger partial charge in [0.25, 0.3) is 5.78 Å². The molecule has 1 rings (SSSR count). The summed E-state index contributed by atoms with van der Waals surface area (Å²) in [7, 11) is 1.43. The summed E-state index contributed by atoms with van der Waals surface area (Å²) in [4.78, 5) is 23.6. The van der Waals surface area contributed by atoms with E-state index >= 15 is 0 Å². The molecule has 5 nitrogen and oxygen atoms in total. The van der Waals surface area contributed by atoms with Crippen LogP contribution in [0, 0.1) is 0 Å². The number of ether oxygens (including phenoxy) is 3. The highest BCUT2D eigenvalue weighted by atomic mass is 16.5. The lowest BCUT2D eigenvalue weighted by Gasteiger charge is -2.15. The fourth-order valence-corrected chi connectivity index (χ4v) is 1.56. The summed E-state index contributed by atoms with van der Waals surface area (Å²) < 4.78 is 15.4. The molecule has 0 amide bonds. The summed E-state index contributed by atoms with van der Waals surface area (Å²) in [6, 6.07) is 4.91. The molecule has 0 atom stereocenters. The first-order valence-corrected chi connectivity index (χ1v) is 6.06. The molecule has 0 N–H and O–H groups in total. The van der Waals surface area contributed by atoms with Gasteiger partial charge in [-0.05, 0) is 32.9 Å². The summed E-state index contributed by atoms with van der Waals surface area (Å²) in [5.41, 5.74) is 0.0946. The molecule has 0 bridgehead atoms. The largest absolute Gasteiger partial charge is 0.496 e. The van der Waals surface area contributed by atoms with Crippen LogP contribution in [0.5, 0.6) is 11.5 Å². The molecule has 0 spiro atoms. The molecule has 0 aliphatic rings. The topological polar surface area (TPSA) is 61.8 Å². The number of Topliss-reactive ketones (excluding diaryl/α,β-unsaturated/α-hetero) is 1. The third-order valence-electron chi connectivity index (χ3n) is 2.26. The van der Waals surface area contributed by atoms with Gasteiger partial charge in [-0.3, -0.25) is 4.79 Å². The number of ketones is 1. The van der Waals surface area contributed by atoms with Crippen LogP contribution in [0.15, 0.2) is 18.2 Å². The van der Waals surface area contributed by atoms with Crippen LogP contribution in [0.2, 0.25) is 0 Å². The highest BCUT2D eigenvalue weighted by Crippen LogP contribution is 2.29. The first-order valence-electron chi connectivity index (χ1n) is 6.06. The van der Waals surface area contributed by atoms with Gasteiger partial charge in [0.2, 0.25) is 0 Å². The van der Waals surface area contributed by atoms with Gasteiger partial charge in [0, 0.05) is 0 Å². The highest BCUT2D eigenvalue weighted by molar-refractivity contribution is 6.42. The van der Waals surface area contributed by atoms with Gasteiger partial charge in [-0.25, -0.2) is 4.79 Å². The van der Waals surface area contributed by atoms with E-state index in [0.717, 1.165) is 0 Å². The van der Waals surface area contributed by atoms with Crippen molar-refractivity contribution in [1.82, 2.24) is 0 Å². The van der Waals surface area contributed by atoms with Crippen molar-refractivity contribution >= 4 is 11.8 Å². The van der Waals surface area contributed by atoms with Gasteiger partial charge in [-0.1, -0.05) is 6.07 Å². The average molecular weight is 266 g/mol. The number of rotatable bonds is 6. The molecular weight excluding hydrogens is 248 g/mol. The minimum absolute atomic E-state index is 0.0946. The van der Waals surface area contributed by atoms with Crippen LogP contribution in [-0.2, 0) is 9.53 Å². The van der Waals surface area contributed by atoms with Crippen LogP contribution < -0.4 is 9.47 Å². The second kappa shape index (κ2) is 6.78. The van der Waals surface area contributed by atoms with Crippen molar-refractivity contribution in [3.8, 4) is 11.5 Å². The monoisotopic (exact) mass is 266 g/mol. The van der Waals surface area contributed by atoms with Crippen molar-refractivity contribution in [3.05, 3.63) is 23.8 Å². The van der Waals surface area contributed by atoms with Crippen molar-refractivity contribution < 1.29 is 23.8 Å². The standard InChI is InChI=1S/C14H18O5/c1-5-18-14(16)13(15)12-10(17-4)7-6-8-11(12)19-9(2)3/h6-9H,5H2,1-4H3. The Morgan fingerprint density at radius 2 is 1.84 bits per heavy atom. The van der Waals surface area contributed by atoms with E-state index in [1.54, 1.807) is 25.1 Å². The molecule has 0 unspecified atom stereocenters. The summed E-state index contributed by atoms with van der Waals surface area (Å²) in [5.74, 6) is -1.08. The van der Waals surface area contributed by atoms with Gasteiger partial charge < -0.3 is 14.2 Å². The van der Waals surface area contributed by atoms with Gasteiger partial charge in [0.05, 0.1) is 19.8 Å². The molecule has 0 radical (unpaired) electrons. The normalized spacial score (nSPS) is 10.2. The number of hydrogen-bond acceptors (Lipinski definition) is 5. The smallest absolute Gasteiger partial charge is 0.379 e. The Bertz CT molecular complexity index is 465. The maximum Gasteiger partial charge on any atom is 0.379 e. The third-order valence-corrected chi connectivity index (χ3v) is 2.26. The van der Waals surface area contributed by atoms with Crippen LogP contribution in [0.3, 0.4) is 0 Å². The SMILES string of the molecule is CCOC(=O)C(=O)c1c(OC)cccc1OC(C)C. The number of esters is 1.